The van der Waals surface area contributed by atoms with E-state index in [-0.39, 0.29) is 30.2 Å². The lowest BCUT2D eigenvalue weighted by atomic mass is 9.93. The first-order chi connectivity index (χ1) is 33.2. The Morgan fingerprint density at radius 2 is 1.46 bits per heavy atom. The van der Waals surface area contributed by atoms with Crippen molar-refractivity contribution < 1.29 is 33.6 Å². The summed E-state index contributed by atoms with van der Waals surface area (Å²) in [6, 6.07) is 14.2. The van der Waals surface area contributed by atoms with Gasteiger partial charge < -0.3 is 29.4 Å². The molecule has 18 nitrogen and oxygen atoms in total. The number of nitrogens with zero attached hydrogens (tertiary/aromatic N) is 8. The van der Waals surface area contributed by atoms with Gasteiger partial charge in [-0.3, -0.25) is 33.8 Å². The van der Waals surface area contributed by atoms with Crippen molar-refractivity contribution in [1.29, 1.82) is 0 Å². The molecule has 68 heavy (non-hydrogen) atoms. The number of rotatable bonds is 25. The smallest absolute Gasteiger partial charge is 0.329 e. The zero-order chi connectivity index (χ0) is 47.2. The van der Waals surface area contributed by atoms with Crippen molar-refractivity contribution in [3.63, 3.8) is 0 Å². The monoisotopic (exact) mass is 939 g/mol. The number of carbonyl (C=O) groups excluding carboxylic acids is 2. The highest BCUT2D eigenvalue weighted by Crippen LogP contribution is 2.35. The molecule has 5 heterocycles. The predicted molar refractivity (Wildman–Crippen MR) is 260 cm³/mol. The van der Waals surface area contributed by atoms with Gasteiger partial charge in [0.1, 0.15) is 11.7 Å². The number of piperazine rings is 1. The molecule has 1 aliphatic carbocycles. The molecule has 2 aromatic carbocycles. The molecule has 3 aliphatic rings. The van der Waals surface area contributed by atoms with Crippen LogP contribution < -0.4 is 16.3 Å². The molecule has 0 spiro atoms. The van der Waals surface area contributed by atoms with Gasteiger partial charge in [-0.2, -0.15) is 10.1 Å². The topological polar surface area (TPSA) is 192 Å². The highest BCUT2D eigenvalue weighted by atomic mass is 16.6. The molecule has 0 bridgehead atoms. The number of hydrogen-bond donors (Lipinski definition) is 3. The fourth-order valence-electron chi connectivity index (χ4n) is 9.48. The number of aromatic nitrogens is 6. The minimum Gasteiger partial charge on any atom is -0.393 e. The average molecular weight is 939 g/mol. The van der Waals surface area contributed by atoms with E-state index in [1.807, 2.05) is 24.4 Å². The fraction of sp³-hybridized carbons (Fsp3) is 0.600. The van der Waals surface area contributed by atoms with Gasteiger partial charge in [-0.05, 0) is 74.6 Å². The van der Waals surface area contributed by atoms with Gasteiger partial charge in [0.25, 0.3) is 0 Å². The normalized spacial score (nSPS) is 19.6. The number of ether oxygens (including phenoxy) is 4. The lowest BCUT2D eigenvalue weighted by molar-refractivity contribution is -0.135. The second-order valence-corrected chi connectivity index (χ2v) is 18.3. The number of fused-ring (bicyclic) bond motifs is 2. The van der Waals surface area contributed by atoms with E-state index in [2.05, 4.69) is 61.3 Å². The molecule has 1 unspecified atom stereocenters. The van der Waals surface area contributed by atoms with Crippen LogP contribution in [0.2, 0.25) is 0 Å². The van der Waals surface area contributed by atoms with Gasteiger partial charge in [-0.1, -0.05) is 43.7 Å². The summed E-state index contributed by atoms with van der Waals surface area (Å²) in [7, 11) is 1.70. The summed E-state index contributed by atoms with van der Waals surface area (Å²) in [6.07, 6.45) is 9.33. The van der Waals surface area contributed by atoms with Gasteiger partial charge in [-0.25, -0.2) is 14.5 Å². The summed E-state index contributed by atoms with van der Waals surface area (Å²) < 4.78 is 28.1. The van der Waals surface area contributed by atoms with E-state index in [9.17, 15) is 19.5 Å². The second-order valence-electron chi connectivity index (χ2n) is 18.3. The third kappa shape index (κ3) is 12.8. The number of hydrogen-bond acceptors (Lipinski definition) is 14. The number of amides is 2. The Labute approximate surface area is 398 Å². The highest BCUT2D eigenvalue weighted by molar-refractivity contribution is 6.00. The number of unbranched alkanes of at least 4 members (excludes halogenated alkanes) is 1. The first kappa shape index (κ1) is 49.3. The summed E-state index contributed by atoms with van der Waals surface area (Å²) >= 11 is 0. The van der Waals surface area contributed by atoms with Crippen LogP contribution in [0.3, 0.4) is 0 Å². The number of aliphatic hydroxyl groups is 1. The number of anilines is 1. The van der Waals surface area contributed by atoms with Gasteiger partial charge in [0.05, 0.1) is 74.8 Å². The van der Waals surface area contributed by atoms with Crippen molar-refractivity contribution in [3.05, 3.63) is 70.3 Å². The first-order valence-electron chi connectivity index (χ1n) is 24.8. The molecule has 368 valence electrons. The molecular formula is C50H70N10O8. The molecule has 5 aromatic rings. The maximum atomic E-state index is 13.0. The third-order valence-corrected chi connectivity index (χ3v) is 13.5. The average Bonchev–Trinajstić information content (AvgIpc) is 3.84. The SMILES string of the molecule is CCCCNc1ncc2c(-c3ccc(CN4CCN(CCOCCOCCOCCOCCCc5ccc6c(c5)n(C)c(=O)n6C5CCC(=O)NC5=O)CC4)cc3)nn(C3CCC(O)CC3)c2n1. The Morgan fingerprint density at radius 3 is 2.16 bits per heavy atom. The Balaban J connectivity index is 0.651. The van der Waals surface area contributed by atoms with Crippen molar-refractivity contribution in [2.24, 2.45) is 7.05 Å². The van der Waals surface area contributed by atoms with E-state index in [0.29, 0.717) is 70.7 Å². The molecule has 18 heteroatoms. The van der Waals surface area contributed by atoms with Crippen LogP contribution in [0.25, 0.3) is 33.3 Å². The maximum Gasteiger partial charge on any atom is 0.329 e. The van der Waals surface area contributed by atoms with Gasteiger partial charge in [0, 0.05) is 77.6 Å². The molecule has 2 aliphatic heterocycles. The summed E-state index contributed by atoms with van der Waals surface area (Å²) in [5, 5.41) is 22.0. The van der Waals surface area contributed by atoms with Crippen molar-refractivity contribution in [1.82, 2.24) is 44.0 Å². The number of aliphatic hydroxyl groups excluding tert-OH is 1. The van der Waals surface area contributed by atoms with Crippen LogP contribution in [-0.4, -0.2) is 154 Å². The number of piperidine rings is 1. The predicted octanol–water partition coefficient (Wildman–Crippen LogP) is 4.63. The number of imidazole rings is 1. The quantitative estimate of drug-likeness (QED) is 0.0542. The Kier molecular flexibility index (Phi) is 17.8. The molecule has 3 fully saturated rings. The van der Waals surface area contributed by atoms with Gasteiger partial charge in [-0.15, -0.1) is 0 Å². The van der Waals surface area contributed by atoms with Crippen molar-refractivity contribution in [2.75, 3.05) is 97.4 Å². The summed E-state index contributed by atoms with van der Waals surface area (Å²) in [5.74, 6) is -0.0977. The molecule has 8 rings (SSSR count). The summed E-state index contributed by atoms with van der Waals surface area (Å²) in [5.41, 5.74) is 6.37. The van der Waals surface area contributed by atoms with Crippen LogP contribution in [0.5, 0.6) is 0 Å². The van der Waals surface area contributed by atoms with E-state index >= 15 is 0 Å². The van der Waals surface area contributed by atoms with Crippen molar-refractivity contribution in [2.45, 2.75) is 95.9 Å². The van der Waals surface area contributed by atoms with Crippen molar-refractivity contribution in [3.8, 4) is 11.3 Å². The minimum absolute atomic E-state index is 0.210. The van der Waals surface area contributed by atoms with Crippen LogP contribution in [0.4, 0.5) is 5.95 Å². The molecular weight excluding hydrogens is 869 g/mol. The Morgan fingerprint density at radius 1 is 0.779 bits per heavy atom. The van der Waals surface area contributed by atoms with Crippen LogP contribution in [-0.2, 0) is 48.5 Å². The van der Waals surface area contributed by atoms with Crippen molar-refractivity contribution >= 4 is 39.8 Å². The number of imide groups is 1. The molecule has 3 N–H and O–H groups in total. The van der Waals surface area contributed by atoms with Gasteiger partial charge in [0.2, 0.25) is 17.8 Å². The zero-order valence-electron chi connectivity index (χ0n) is 39.9. The number of aryl methyl sites for hydroxylation is 2. The molecule has 1 atom stereocenters. The van der Waals surface area contributed by atoms with Gasteiger partial charge in [0.15, 0.2) is 5.65 Å². The molecule has 2 saturated heterocycles. The summed E-state index contributed by atoms with van der Waals surface area (Å²) in [6.45, 7) is 13.2. The molecule has 2 amide bonds. The first-order valence-corrected chi connectivity index (χ1v) is 24.8. The van der Waals surface area contributed by atoms with Crippen LogP contribution in [0.15, 0.2) is 53.5 Å². The van der Waals surface area contributed by atoms with Crippen LogP contribution in [0, 0.1) is 0 Å². The Bertz CT molecular complexity index is 2470. The van der Waals surface area contributed by atoms with E-state index in [0.717, 1.165) is 131 Å². The standard InChI is InChI=1S/C50H70N10O8/c1-3-4-19-51-49-52-34-41-46(55-60(47(41)54-49)39-12-14-40(61)15-13-39)38-10-7-37(8-11-38)35-58-22-20-57(21-23-58)24-26-66-28-30-68-32-31-67-29-27-65-25-5-6-36-9-16-42-44(33-36)56(2)50(64)59(42)43-17-18-45(62)53-48(43)63/h7-11,16,33-34,39-40,43,61H,3-6,12-15,17-32,35H2,1-2H3,(H,51,52,54)(H,53,62,63). The maximum absolute atomic E-state index is 13.0. The number of carbonyl (C=O) groups is 2. The van der Waals surface area contributed by atoms with E-state index in [4.69, 9.17) is 29.0 Å². The molecule has 1 saturated carbocycles. The van der Waals surface area contributed by atoms with E-state index in [1.165, 1.54) is 10.1 Å². The van der Waals surface area contributed by atoms with E-state index < -0.39 is 11.9 Å². The largest absolute Gasteiger partial charge is 0.393 e. The fourth-order valence-corrected chi connectivity index (χ4v) is 9.48. The second kappa shape index (κ2) is 24.5. The van der Waals surface area contributed by atoms with Crippen LogP contribution in [0.1, 0.15) is 87.9 Å². The minimum atomic E-state index is -0.689. The number of benzene rings is 2. The Hall–Kier alpha value is -5.08. The highest BCUT2D eigenvalue weighted by Gasteiger charge is 2.31. The third-order valence-electron chi connectivity index (χ3n) is 13.5. The molecule has 0 radical (unpaired) electrons. The van der Waals surface area contributed by atoms with Crippen LogP contribution >= 0.6 is 0 Å². The molecule has 3 aromatic heterocycles. The zero-order valence-corrected chi connectivity index (χ0v) is 39.9. The van der Waals surface area contributed by atoms with E-state index in [1.54, 1.807) is 11.6 Å². The lowest BCUT2D eigenvalue weighted by Gasteiger charge is -2.34. The number of nitrogens with one attached hydrogen (secondary N) is 2. The lowest BCUT2D eigenvalue weighted by Crippen LogP contribution is -2.46. The van der Waals surface area contributed by atoms with Gasteiger partial charge >= 0.3 is 5.69 Å². The summed E-state index contributed by atoms with van der Waals surface area (Å²) in [4.78, 5) is 51.7.